The topological polar surface area (TPSA) is 58.4 Å². The summed E-state index contributed by atoms with van der Waals surface area (Å²) < 4.78 is 0. The van der Waals surface area contributed by atoms with Crippen LogP contribution in [0.4, 0.5) is 10.5 Å². The van der Waals surface area contributed by atoms with Crippen molar-refractivity contribution in [1.29, 1.82) is 0 Å². The Labute approximate surface area is 130 Å². The molecule has 2 aromatic carbocycles. The molecule has 0 bridgehead atoms. The molecule has 114 valence electrons. The molecule has 2 aromatic rings. The fourth-order valence-corrected chi connectivity index (χ4v) is 3.26. The second-order valence-corrected chi connectivity index (χ2v) is 5.76. The van der Waals surface area contributed by atoms with Crippen molar-refractivity contribution in [3.8, 4) is 0 Å². The molecule has 0 spiro atoms. The number of carbonyl (C=O) groups excluding carboxylic acids is 1. The maximum absolute atomic E-state index is 11.5. The number of nitrogens with zero attached hydrogens (tertiary/aromatic N) is 1. The third kappa shape index (κ3) is 2.91. The first-order chi connectivity index (χ1) is 10.7. The molecule has 3 rings (SSSR count). The molecule has 1 aliphatic heterocycles. The normalized spacial score (nSPS) is 17.0. The molecule has 0 aliphatic carbocycles. The maximum Gasteiger partial charge on any atom is 0.312 e. The standard InChI is InChI=1S/C18H21N3O/c19-17(22)20-18(15-7-3-1-4-8-15)11-13-21(14-12-18)16-9-5-2-6-10-16/h1-10H,11-14H2,(H3,19,20,22). The zero-order chi connectivity index (χ0) is 15.4. The van der Waals surface area contributed by atoms with Crippen LogP contribution in [-0.2, 0) is 5.54 Å². The lowest BCUT2D eigenvalue weighted by Gasteiger charge is -2.43. The van der Waals surface area contributed by atoms with E-state index in [4.69, 9.17) is 5.73 Å². The largest absolute Gasteiger partial charge is 0.371 e. The van der Waals surface area contributed by atoms with E-state index in [0.29, 0.717) is 0 Å². The number of urea groups is 1. The highest BCUT2D eigenvalue weighted by molar-refractivity contribution is 5.73. The monoisotopic (exact) mass is 295 g/mol. The minimum absolute atomic E-state index is 0.363. The molecule has 1 heterocycles. The number of hydrogen-bond donors (Lipinski definition) is 2. The number of benzene rings is 2. The Morgan fingerprint density at radius 3 is 2.05 bits per heavy atom. The van der Waals surface area contributed by atoms with Crippen LogP contribution in [0, 0.1) is 0 Å². The second-order valence-electron chi connectivity index (χ2n) is 5.76. The van der Waals surface area contributed by atoms with Gasteiger partial charge in [-0.3, -0.25) is 0 Å². The summed E-state index contributed by atoms with van der Waals surface area (Å²) in [5, 5.41) is 3.00. The van der Waals surface area contributed by atoms with Crippen molar-refractivity contribution >= 4 is 11.7 Å². The van der Waals surface area contributed by atoms with Crippen LogP contribution in [0.2, 0.25) is 0 Å². The third-order valence-electron chi connectivity index (χ3n) is 4.43. The summed E-state index contributed by atoms with van der Waals surface area (Å²) in [6, 6.07) is 20.0. The van der Waals surface area contributed by atoms with E-state index in [1.807, 2.05) is 24.3 Å². The van der Waals surface area contributed by atoms with Crippen molar-refractivity contribution in [2.24, 2.45) is 5.73 Å². The number of hydrogen-bond acceptors (Lipinski definition) is 2. The highest BCUT2D eigenvalue weighted by Gasteiger charge is 2.37. The molecule has 1 saturated heterocycles. The fourth-order valence-electron chi connectivity index (χ4n) is 3.26. The molecule has 0 radical (unpaired) electrons. The molecule has 0 atom stereocenters. The van der Waals surface area contributed by atoms with Crippen LogP contribution in [0.25, 0.3) is 0 Å². The van der Waals surface area contributed by atoms with E-state index in [1.54, 1.807) is 0 Å². The van der Waals surface area contributed by atoms with Gasteiger partial charge in [0.25, 0.3) is 0 Å². The maximum atomic E-state index is 11.5. The van der Waals surface area contributed by atoms with Gasteiger partial charge >= 0.3 is 6.03 Å². The zero-order valence-corrected chi connectivity index (χ0v) is 12.5. The van der Waals surface area contributed by atoms with Gasteiger partial charge in [0.2, 0.25) is 0 Å². The number of rotatable bonds is 3. The van der Waals surface area contributed by atoms with E-state index in [9.17, 15) is 4.79 Å². The average molecular weight is 295 g/mol. The van der Waals surface area contributed by atoms with Gasteiger partial charge in [-0.15, -0.1) is 0 Å². The predicted octanol–water partition coefficient (Wildman–Crippen LogP) is 2.85. The van der Waals surface area contributed by atoms with Crippen molar-refractivity contribution in [3.63, 3.8) is 0 Å². The molecule has 0 aromatic heterocycles. The van der Waals surface area contributed by atoms with Crippen LogP contribution < -0.4 is 16.0 Å². The third-order valence-corrected chi connectivity index (χ3v) is 4.43. The van der Waals surface area contributed by atoms with Gasteiger partial charge in [0.05, 0.1) is 5.54 Å². The Balaban J connectivity index is 1.81. The van der Waals surface area contributed by atoms with E-state index in [-0.39, 0.29) is 5.54 Å². The second kappa shape index (κ2) is 6.10. The Morgan fingerprint density at radius 1 is 0.955 bits per heavy atom. The summed E-state index contributed by atoms with van der Waals surface area (Å²) in [7, 11) is 0. The molecule has 0 unspecified atom stereocenters. The molecule has 4 heteroatoms. The van der Waals surface area contributed by atoms with E-state index >= 15 is 0 Å². The number of piperidine rings is 1. The quantitative estimate of drug-likeness (QED) is 0.914. The summed E-state index contributed by atoms with van der Waals surface area (Å²) in [5.74, 6) is 0. The molecule has 1 aliphatic rings. The van der Waals surface area contributed by atoms with Gasteiger partial charge in [-0.2, -0.15) is 0 Å². The molecular weight excluding hydrogens is 274 g/mol. The number of carbonyl (C=O) groups is 1. The number of primary amides is 1. The van der Waals surface area contributed by atoms with Crippen LogP contribution in [0.1, 0.15) is 18.4 Å². The Hall–Kier alpha value is -2.49. The lowest BCUT2D eigenvalue weighted by molar-refractivity contribution is 0.219. The summed E-state index contributed by atoms with van der Waals surface area (Å²) in [5.41, 5.74) is 7.42. The number of nitrogens with two attached hydrogens (primary N) is 1. The summed E-state index contributed by atoms with van der Waals surface area (Å²) in [6.45, 7) is 1.78. The molecule has 1 fully saturated rings. The minimum atomic E-state index is -0.461. The lowest BCUT2D eigenvalue weighted by Crippen LogP contribution is -2.54. The van der Waals surface area contributed by atoms with Crippen molar-refractivity contribution in [3.05, 3.63) is 66.2 Å². The number of nitrogens with one attached hydrogen (secondary N) is 1. The number of amides is 2. The molecule has 2 amide bonds. The first-order valence-electron chi connectivity index (χ1n) is 7.63. The smallest absolute Gasteiger partial charge is 0.312 e. The van der Waals surface area contributed by atoms with Gasteiger partial charge in [-0.05, 0) is 30.5 Å². The van der Waals surface area contributed by atoms with Crippen molar-refractivity contribution in [1.82, 2.24) is 5.32 Å². The van der Waals surface area contributed by atoms with Crippen LogP contribution in [0.15, 0.2) is 60.7 Å². The Kier molecular flexibility index (Phi) is 4.00. The Morgan fingerprint density at radius 2 is 1.50 bits per heavy atom. The first kappa shape index (κ1) is 14.4. The van der Waals surface area contributed by atoms with Crippen LogP contribution >= 0.6 is 0 Å². The van der Waals surface area contributed by atoms with Gasteiger partial charge in [-0.25, -0.2) is 4.79 Å². The van der Waals surface area contributed by atoms with Gasteiger partial charge in [0.15, 0.2) is 0 Å². The fraction of sp³-hybridized carbons (Fsp3) is 0.278. The van der Waals surface area contributed by atoms with Gasteiger partial charge in [-0.1, -0.05) is 48.5 Å². The highest BCUT2D eigenvalue weighted by atomic mass is 16.2. The van der Waals surface area contributed by atoms with E-state index in [1.165, 1.54) is 5.69 Å². The van der Waals surface area contributed by atoms with Gasteiger partial charge < -0.3 is 16.0 Å². The summed E-state index contributed by atoms with van der Waals surface area (Å²) >= 11 is 0. The first-order valence-corrected chi connectivity index (χ1v) is 7.63. The summed E-state index contributed by atoms with van der Waals surface area (Å²) in [4.78, 5) is 13.8. The highest BCUT2D eigenvalue weighted by Crippen LogP contribution is 2.34. The molecule has 0 saturated carbocycles. The molecular formula is C18H21N3O. The SMILES string of the molecule is NC(=O)NC1(c2ccccc2)CCN(c2ccccc2)CC1. The van der Waals surface area contributed by atoms with Crippen LogP contribution in [0.3, 0.4) is 0 Å². The minimum Gasteiger partial charge on any atom is -0.371 e. The van der Waals surface area contributed by atoms with E-state index in [0.717, 1.165) is 31.5 Å². The zero-order valence-electron chi connectivity index (χ0n) is 12.5. The average Bonchev–Trinajstić information content (AvgIpc) is 2.56. The van der Waals surface area contributed by atoms with Crippen molar-refractivity contribution < 1.29 is 4.79 Å². The number of para-hydroxylation sites is 1. The summed E-state index contributed by atoms with van der Waals surface area (Å²) in [6.07, 6.45) is 1.68. The lowest BCUT2D eigenvalue weighted by atomic mass is 9.80. The number of anilines is 1. The predicted molar refractivity (Wildman–Crippen MR) is 88.7 cm³/mol. The van der Waals surface area contributed by atoms with E-state index < -0.39 is 6.03 Å². The molecule has 4 nitrogen and oxygen atoms in total. The molecule has 3 N–H and O–H groups in total. The van der Waals surface area contributed by atoms with Gasteiger partial charge in [0, 0.05) is 18.8 Å². The van der Waals surface area contributed by atoms with Gasteiger partial charge in [0.1, 0.15) is 0 Å². The van der Waals surface area contributed by atoms with Crippen molar-refractivity contribution in [2.45, 2.75) is 18.4 Å². The Bertz CT molecular complexity index is 619. The van der Waals surface area contributed by atoms with Crippen LogP contribution in [0.5, 0.6) is 0 Å². The van der Waals surface area contributed by atoms with E-state index in [2.05, 4.69) is 46.6 Å². The molecule has 22 heavy (non-hydrogen) atoms. The van der Waals surface area contributed by atoms with Crippen molar-refractivity contribution in [2.75, 3.05) is 18.0 Å². The van der Waals surface area contributed by atoms with Crippen LogP contribution in [-0.4, -0.2) is 19.1 Å².